The highest BCUT2D eigenvalue weighted by Gasteiger charge is 2.10. The molecule has 1 heterocycles. The first-order valence-electron chi connectivity index (χ1n) is 7.06. The summed E-state index contributed by atoms with van der Waals surface area (Å²) in [5.41, 5.74) is 6.44. The van der Waals surface area contributed by atoms with Crippen LogP contribution in [0.3, 0.4) is 0 Å². The predicted molar refractivity (Wildman–Crippen MR) is 82.6 cm³/mol. The Morgan fingerprint density at radius 1 is 0.895 bits per heavy atom. The number of rotatable bonds is 3. The smallest absolute Gasteiger partial charge is 0.0450 e. The van der Waals surface area contributed by atoms with Crippen LogP contribution in [0.25, 0.3) is 11.1 Å². The van der Waals surface area contributed by atoms with Crippen LogP contribution in [0.4, 0.5) is 0 Å². The zero-order valence-corrected chi connectivity index (χ0v) is 12.6. The molecule has 1 nitrogen and oxygen atoms in total. The van der Waals surface area contributed by atoms with Crippen molar-refractivity contribution in [2.75, 3.05) is 0 Å². The molecule has 0 saturated carbocycles. The van der Waals surface area contributed by atoms with Crippen LogP contribution in [0.15, 0.2) is 36.5 Å². The molecule has 0 amide bonds. The SMILES string of the molecule is Cc1ncccc1-c1cc(C(C)C)cc(C(C)C)c1. The van der Waals surface area contributed by atoms with E-state index in [0.29, 0.717) is 11.8 Å². The van der Waals surface area contributed by atoms with Gasteiger partial charge in [0.2, 0.25) is 0 Å². The summed E-state index contributed by atoms with van der Waals surface area (Å²) >= 11 is 0. The van der Waals surface area contributed by atoms with Gasteiger partial charge < -0.3 is 0 Å². The fraction of sp³-hybridized carbons (Fsp3) is 0.389. The number of hydrogen-bond donors (Lipinski definition) is 0. The summed E-state index contributed by atoms with van der Waals surface area (Å²) in [4.78, 5) is 4.40. The number of hydrogen-bond acceptors (Lipinski definition) is 1. The molecular weight excluding hydrogens is 230 g/mol. The van der Waals surface area contributed by atoms with Crippen molar-refractivity contribution < 1.29 is 0 Å². The monoisotopic (exact) mass is 253 g/mol. The fourth-order valence-electron chi connectivity index (χ4n) is 2.29. The van der Waals surface area contributed by atoms with Gasteiger partial charge in [0.15, 0.2) is 0 Å². The quantitative estimate of drug-likeness (QED) is 0.723. The van der Waals surface area contributed by atoms with Crippen molar-refractivity contribution in [3.05, 3.63) is 53.3 Å². The molecule has 0 bridgehead atoms. The third-order valence-corrected chi connectivity index (χ3v) is 3.63. The second-order valence-corrected chi connectivity index (χ2v) is 5.83. The first kappa shape index (κ1) is 13.8. The fourth-order valence-corrected chi connectivity index (χ4v) is 2.29. The third kappa shape index (κ3) is 3.04. The van der Waals surface area contributed by atoms with Gasteiger partial charge in [0.25, 0.3) is 0 Å². The van der Waals surface area contributed by atoms with Gasteiger partial charge in [-0.25, -0.2) is 0 Å². The van der Waals surface area contributed by atoms with E-state index >= 15 is 0 Å². The molecule has 0 N–H and O–H groups in total. The minimum atomic E-state index is 0.550. The highest BCUT2D eigenvalue weighted by Crippen LogP contribution is 2.30. The van der Waals surface area contributed by atoms with Crippen molar-refractivity contribution in [2.45, 2.75) is 46.5 Å². The third-order valence-electron chi connectivity index (χ3n) is 3.63. The Balaban J connectivity index is 2.60. The van der Waals surface area contributed by atoms with Gasteiger partial charge in [-0.15, -0.1) is 0 Å². The summed E-state index contributed by atoms with van der Waals surface area (Å²) < 4.78 is 0. The average molecular weight is 253 g/mol. The summed E-state index contributed by atoms with van der Waals surface area (Å²) in [6.45, 7) is 11.1. The second kappa shape index (κ2) is 5.56. The van der Waals surface area contributed by atoms with Crippen LogP contribution in [-0.4, -0.2) is 4.98 Å². The van der Waals surface area contributed by atoms with Gasteiger partial charge >= 0.3 is 0 Å². The summed E-state index contributed by atoms with van der Waals surface area (Å²) in [7, 11) is 0. The molecule has 0 unspecified atom stereocenters. The first-order valence-corrected chi connectivity index (χ1v) is 7.06. The van der Waals surface area contributed by atoms with Gasteiger partial charge in [-0.3, -0.25) is 4.98 Å². The molecule has 1 aromatic heterocycles. The van der Waals surface area contributed by atoms with Crippen molar-refractivity contribution in [3.63, 3.8) is 0 Å². The summed E-state index contributed by atoms with van der Waals surface area (Å²) in [5.74, 6) is 1.10. The lowest BCUT2D eigenvalue weighted by Crippen LogP contribution is -1.96. The van der Waals surface area contributed by atoms with E-state index in [0.717, 1.165) is 5.69 Å². The topological polar surface area (TPSA) is 12.9 Å². The summed E-state index contributed by atoms with van der Waals surface area (Å²) in [6, 6.07) is 11.1. The number of pyridine rings is 1. The summed E-state index contributed by atoms with van der Waals surface area (Å²) in [6.07, 6.45) is 1.86. The molecule has 0 saturated heterocycles. The maximum Gasteiger partial charge on any atom is 0.0450 e. The normalized spacial score (nSPS) is 11.3. The van der Waals surface area contributed by atoms with Crippen LogP contribution in [0, 0.1) is 6.92 Å². The van der Waals surface area contributed by atoms with Crippen molar-refractivity contribution in [1.82, 2.24) is 4.98 Å². The molecule has 1 aromatic carbocycles. The largest absolute Gasteiger partial charge is 0.261 e. The Bertz CT molecular complexity index is 541. The van der Waals surface area contributed by atoms with Crippen LogP contribution < -0.4 is 0 Å². The molecule has 2 rings (SSSR count). The van der Waals surface area contributed by atoms with Crippen LogP contribution >= 0.6 is 0 Å². The molecule has 100 valence electrons. The minimum Gasteiger partial charge on any atom is -0.261 e. The molecule has 2 aromatic rings. The van der Waals surface area contributed by atoms with Crippen LogP contribution in [0.1, 0.15) is 56.4 Å². The Kier molecular flexibility index (Phi) is 4.04. The van der Waals surface area contributed by atoms with Crippen molar-refractivity contribution in [3.8, 4) is 11.1 Å². The number of aryl methyl sites for hydroxylation is 1. The predicted octanol–water partition coefficient (Wildman–Crippen LogP) is 5.30. The number of benzene rings is 1. The highest BCUT2D eigenvalue weighted by molar-refractivity contribution is 5.67. The lowest BCUT2D eigenvalue weighted by Gasteiger charge is -2.15. The Labute approximate surface area is 116 Å². The van der Waals surface area contributed by atoms with E-state index in [1.165, 1.54) is 22.3 Å². The number of nitrogens with zero attached hydrogens (tertiary/aromatic N) is 1. The van der Waals surface area contributed by atoms with Gasteiger partial charge in [-0.05, 0) is 41.5 Å². The Hall–Kier alpha value is -1.63. The van der Waals surface area contributed by atoms with E-state index in [9.17, 15) is 0 Å². The Morgan fingerprint density at radius 3 is 1.95 bits per heavy atom. The van der Waals surface area contributed by atoms with Gasteiger partial charge in [-0.1, -0.05) is 52.0 Å². The molecule has 0 radical (unpaired) electrons. The van der Waals surface area contributed by atoms with Crippen molar-refractivity contribution in [1.29, 1.82) is 0 Å². The molecule has 0 aliphatic rings. The van der Waals surface area contributed by atoms with E-state index in [1.807, 2.05) is 12.3 Å². The van der Waals surface area contributed by atoms with Gasteiger partial charge in [0.05, 0.1) is 0 Å². The molecule has 0 atom stereocenters. The van der Waals surface area contributed by atoms with Crippen LogP contribution in [-0.2, 0) is 0 Å². The molecule has 0 fully saturated rings. The highest BCUT2D eigenvalue weighted by atomic mass is 14.7. The van der Waals surface area contributed by atoms with E-state index in [-0.39, 0.29) is 0 Å². The van der Waals surface area contributed by atoms with E-state index in [2.05, 4.69) is 63.9 Å². The molecule has 19 heavy (non-hydrogen) atoms. The molecule has 0 aliphatic heterocycles. The van der Waals surface area contributed by atoms with E-state index < -0.39 is 0 Å². The lowest BCUT2D eigenvalue weighted by molar-refractivity contribution is 0.834. The maximum absolute atomic E-state index is 4.40. The first-order chi connectivity index (χ1) is 8.99. The average Bonchev–Trinajstić information content (AvgIpc) is 2.38. The van der Waals surface area contributed by atoms with Crippen LogP contribution in [0.5, 0.6) is 0 Å². The maximum atomic E-state index is 4.40. The van der Waals surface area contributed by atoms with Crippen LogP contribution in [0.2, 0.25) is 0 Å². The summed E-state index contributed by atoms with van der Waals surface area (Å²) in [5, 5.41) is 0. The molecule has 0 spiro atoms. The molecular formula is C18H23N. The number of aromatic nitrogens is 1. The molecule has 0 aliphatic carbocycles. The second-order valence-electron chi connectivity index (χ2n) is 5.83. The van der Waals surface area contributed by atoms with Gasteiger partial charge in [0.1, 0.15) is 0 Å². The van der Waals surface area contributed by atoms with E-state index in [1.54, 1.807) is 0 Å². The van der Waals surface area contributed by atoms with Crippen molar-refractivity contribution in [2.24, 2.45) is 0 Å². The Morgan fingerprint density at radius 2 is 1.47 bits per heavy atom. The van der Waals surface area contributed by atoms with E-state index in [4.69, 9.17) is 0 Å². The minimum absolute atomic E-state index is 0.550. The standard InChI is InChI=1S/C18H23N/c1-12(2)15-9-16(13(3)4)11-17(10-15)18-7-6-8-19-14(18)5/h6-13H,1-5H3. The molecule has 1 heteroatoms. The zero-order chi connectivity index (χ0) is 14.0. The van der Waals surface area contributed by atoms with Gasteiger partial charge in [-0.2, -0.15) is 0 Å². The van der Waals surface area contributed by atoms with Crippen molar-refractivity contribution >= 4 is 0 Å². The lowest BCUT2D eigenvalue weighted by atomic mass is 9.90. The van der Waals surface area contributed by atoms with Gasteiger partial charge in [0, 0.05) is 17.5 Å². The zero-order valence-electron chi connectivity index (χ0n) is 12.6.